The van der Waals surface area contributed by atoms with E-state index in [1.807, 2.05) is 0 Å². The predicted octanol–water partition coefficient (Wildman–Crippen LogP) is 5.78. The summed E-state index contributed by atoms with van der Waals surface area (Å²) in [4.78, 5) is 18.2. The molecule has 3 atom stereocenters. The Morgan fingerprint density at radius 2 is 1.96 bits per heavy atom. The Hall–Kier alpha value is -4.81. The van der Waals surface area contributed by atoms with E-state index in [1.165, 1.54) is 18.2 Å². The number of hydrogen-bond acceptors (Lipinski definition) is 9. The number of alkyl halides is 1. The van der Waals surface area contributed by atoms with Crippen LogP contribution in [0, 0.1) is 35.3 Å². The first kappa shape index (κ1) is 29.6. The van der Waals surface area contributed by atoms with E-state index in [0.29, 0.717) is 25.3 Å². The summed E-state index contributed by atoms with van der Waals surface area (Å²) in [6.45, 7) is 2.26. The lowest BCUT2D eigenvalue weighted by molar-refractivity contribution is 0.107. The van der Waals surface area contributed by atoms with Crippen molar-refractivity contribution < 1.29 is 27.8 Å². The van der Waals surface area contributed by atoms with Crippen LogP contribution in [0.5, 0.6) is 17.6 Å². The molecule has 3 fully saturated rings. The van der Waals surface area contributed by atoms with Gasteiger partial charge < -0.3 is 19.5 Å². The summed E-state index contributed by atoms with van der Waals surface area (Å²) in [5.41, 5.74) is -1.40. The fourth-order valence-corrected chi connectivity index (χ4v) is 8.02. The Labute approximate surface area is 268 Å². The number of ether oxygens (including phenoxy) is 2. The predicted molar refractivity (Wildman–Crippen MR) is 168 cm³/mol. The van der Waals surface area contributed by atoms with Gasteiger partial charge in [-0.15, -0.1) is 6.42 Å². The molecule has 47 heavy (non-hydrogen) atoms. The van der Waals surface area contributed by atoms with Crippen molar-refractivity contribution in [1.82, 2.24) is 19.9 Å². The molecule has 240 valence electrons. The zero-order chi connectivity index (χ0) is 32.4. The first-order valence-electron chi connectivity index (χ1n) is 16.0. The lowest BCUT2D eigenvalue weighted by Crippen LogP contribution is -2.43. The number of hydrogen-bond donors (Lipinski definition) is 1. The molecule has 0 saturated carbocycles. The van der Waals surface area contributed by atoms with Gasteiger partial charge in [-0.1, -0.05) is 18.8 Å². The number of halogens is 3. The van der Waals surface area contributed by atoms with E-state index < -0.39 is 23.3 Å². The van der Waals surface area contributed by atoms with Gasteiger partial charge in [-0.25, -0.2) is 18.2 Å². The fourth-order valence-electron chi connectivity index (χ4n) is 8.02. The van der Waals surface area contributed by atoms with E-state index in [4.69, 9.17) is 20.9 Å². The number of rotatable bonds is 4. The van der Waals surface area contributed by atoms with Gasteiger partial charge >= 0.3 is 6.01 Å². The van der Waals surface area contributed by atoms with Gasteiger partial charge in [-0.05, 0) is 55.8 Å². The molecule has 0 spiro atoms. The molecular formula is C35H31F3N6O3. The Kier molecular flexibility index (Phi) is 7.03. The van der Waals surface area contributed by atoms with Crippen molar-refractivity contribution in [3.8, 4) is 47.3 Å². The number of phenolic OH excluding ortho intramolecular Hbond substituents is 1. The highest BCUT2D eigenvalue weighted by Crippen LogP contribution is 2.45. The minimum atomic E-state index is -0.941. The van der Waals surface area contributed by atoms with Gasteiger partial charge in [0.25, 0.3) is 0 Å². The number of terminal acetylenes is 1. The molecule has 0 radical (unpaired) electrons. The second-order valence-electron chi connectivity index (χ2n) is 13.0. The van der Waals surface area contributed by atoms with E-state index >= 15 is 8.78 Å². The van der Waals surface area contributed by atoms with E-state index in [1.54, 1.807) is 6.07 Å². The number of pyridine rings is 1. The minimum absolute atomic E-state index is 0.0115. The first-order chi connectivity index (χ1) is 22.8. The van der Waals surface area contributed by atoms with Gasteiger partial charge in [0.15, 0.2) is 11.6 Å². The van der Waals surface area contributed by atoms with Crippen molar-refractivity contribution in [2.45, 2.75) is 62.7 Å². The summed E-state index contributed by atoms with van der Waals surface area (Å²) in [5, 5.41) is 20.8. The van der Waals surface area contributed by atoms with Gasteiger partial charge in [0.05, 0.1) is 22.7 Å². The van der Waals surface area contributed by atoms with Gasteiger partial charge in [-0.3, -0.25) is 4.90 Å². The van der Waals surface area contributed by atoms with Gasteiger partial charge in [0.2, 0.25) is 5.88 Å². The lowest BCUT2D eigenvalue weighted by atomic mass is 9.93. The topological polar surface area (TPSA) is 108 Å². The largest absolute Gasteiger partial charge is 0.508 e. The monoisotopic (exact) mass is 640 g/mol. The Bertz CT molecular complexity index is 2040. The summed E-state index contributed by atoms with van der Waals surface area (Å²) in [5.74, 6) is 0.791. The van der Waals surface area contributed by atoms with Crippen molar-refractivity contribution in [3.05, 3.63) is 41.0 Å². The van der Waals surface area contributed by atoms with Crippen LogP contribution >= 0.6 is 0 Å². The highest BCUT2D eigenvalue weighted by atomic mass is 19.1. The normalized spacial score (nSPS) is 23.8. The molecule has 6 heterocycles. The maximum Gasteiger partial charge on any atom is 0.319 e. The summed E-state index contributed by atoms with van der Waals surface area (Å²) in [6.07, 6.45) is 10.6. The molecule has 0 unspecified atom stereocenters. The van der Waals surface area contributed by atoms with Crippen molar-refractivity contribution >= 4 is 27.5 Å². The second-order valence-corrected chi connectivity index (χ2v) is 13.0. The maximum absolute atomic E-state index is 17.0. The molecule has 1 N–H and O–H groups in total. The quantitative estimate of drug-likeness (QED) is 0.278. The van der Waals surface area contributed by atoms with Crippen molar-refractivity contribution in [1.29, 1.82) is 5.26 Å². The van der Waals surface area contributed by atoms with Crippen LogP contribution in [0.2, 0.25) is 0 Å². The van der Waals surface area contributed by atoms with Crippen LogP contribution in [0.4, 0.5) is 19.0 Å². The van der Waals surface area contributed by atoms with E-state index in [0.717, 1.165) is 45.1 Å². The van der Waals surface area contributed by atoms with Crippen LogP contribution in [0.25, 0.3) is 32.9 Å². The Balaban J connectivity index is 1.34. The van der Waals surface area contributed by atoms with Gasteiger partial charge in [-0.2, -0.15) is 15.2 Å². The molecular weight excluding hydrogens is 609 g/mol. The molecule has 12 heteroatoms. The van der Waals surface area contributed by atoms with E-state index in [-0.39, 0.29) is 81.0 Å². The molecule has 0 bridgehead atoms. The Morgan fingerprint density at radius 1 is 1.09 bits per heavy atom. The van der Waals surface area contributed by atoms with E-state index in [2.05, 4.69) is 25.7 Å². The van der Waals surface area contributed by atoms with Crippen LogP contribution in [-0.4, -0.2) is 75.6 Å². The molecule has 2 aromatic heterocycles. The summed E-state index contributed by atoms with van der Waals surface area (Å²) in [6, 6.07) is 5.52. The molecule has 3 saturated heterocycles. The first-order valence-corrected chi connectivity index (χ1v) is 16.0. The second kappa shape index (κ2) is 11.2. The number of nitriles is 1. The molecule has 0 aliphatic carbocycles. The van der Waals surface area contributed by atoms with Crippen molar-refractivity contribution in [2.24, 2.45) is 0 Å². The average Bonchev–Trinajstić information content (AvgIpc) is 3.41. The maximum atomic E-state index is 17.0. The summed E-state index contributed by atoms with van der Waals surface area (Å²) >= 11 is 0. The number of aromatic nitrogens is 3. The third kappa shape index (κ3) is 4.69. The summed E-state index contributed by atoms with van der Waals surface area (Å²) < 4.78 is 59.4. The van der Waals surface area contributed by atoms with Gasteiger partial charge in [0, 0.05) is 30.5 Å². The zero-order valence-electron chi connectivity index (χ0n) is 25.5. The third-order valence-electron chi connectivity index (χ3n) is 10.2. The number of benzene rings is 2. The molecule has 2 aromatic carbocycles. The molecule has 4 aliphatic rings. The molecule has 8 rings (SSSR count). The number of aromatic hydroxyl groups is 1. The average molecular weight is 641 g/mol. The minimum Gasteiger partial charge on any atom is -0.508 e. The van der Waals surface area contributed by atoms with E-state index in [9.17, 15) is 14.8 Å². The Morgan fingerprint density at radius 3 is 2.79 bits per heavy atom. The summed E-state index contributed by atoms with van der Waals surface area (Å²) in [7, 11) is 0. The van der Waals surface area contributed by atoms with Crippen LogP contribution in [0.15, 0.2) is 18.2 Å². The molecule has 4 aromatic rings. The van der Waals surface area contributed by atoms with Crippen LogP contribution in [-0.2, 0) is 0 Å². The molecule has 0 amide bonds. The SMILES string of the molecule is C#Cc1c(F)c(C#N)cc2cc(O)cc(-c3nc4c5c(nc(OC[C@@]67CCCN6C[C@H](F)C7)nc5c3F)N3CCCCC[C@H]3CO4)c12. The smallest absolute Gasteiger partial charge is 0.319 e. The fraction of sp³-hybridized carbons (Fsp3) is 0.429. The van der Waals surface area contributed by atoms with Crippen LogP contribution in [0.3, 0.4) is 0 Å². The van der Waals surface area contributed by atoms with Crippen LogP contribution < -0.4 is 14.4 Å². The highest BCUT2D eigenvalue weighted by molar-refractivity contribution is 6.04. The van der Waals surface area contributed by atoms with Crippen molar-refractivity contribution in [2.75, 3.05) is 37.7 Å². The third-order valence-corrected chi connectivity index (χ3v) is 10.2. The van der Waals surface area contributed by atoms with Crippen molar-refractivity contribution in [3.63, 3.8) is 0 Å². The standard InChI is InChI=1S/C35H31F3N6O3/c1-2-24-26-19(11-20(15-39)28(24)37)12-23(45)13-25(26)30-29(38)31-27-32(44-10-5-3-4-7-22(44)17-46-33(27)40-30)42-34(41-31)47-18-35-8-6-9-43(35)16-21(36)14-35/h1,11-13,21-22,45H,3-10,14,16-18H2/t21-,22+,35+/m1/s1. The van der Waals surface area contributed by atoms with Crippen LogP contribution in [0.1, 0.15) is 56.1 Å². The lowest BCUT2D eigenvalue weighted by Gasteiger charge is -2.31. The zero-order valence-corrected chi connectivity index (χ0v) is 25.5. The number of anilines is 1. The van der Waals surface area contributed by atoms with Gasteiger partial charge in [0.1, 0.15) is 53.6 Å². The molecule has 9 nitrogen and oxygen atoms in total. The highest BCUT2D eigenvalue weighted by Gasteiger charge is 2.49. The number of nitrogens with zero attached hydrogens (tertiary/aromatic N) is 6. The number of phenols is 1. The molecule has 4 aliphatic heterocycles. The number of fused-ring (bicyclic) bond motifs is 4.